The minimum Gasteiger partial charge on any atom is -0.366 e. The standard InChI is InChI=1S/C20H32O/c1-13(2)14-6-10-19(4)15(14)7-9-18(3)12-17-20(5,21-17)11-8-16(18)19/h14-17H,1,6-12H2,2-5H3/t14-,15+,16+,17?,18+,19+,20+/m0/s1. The van der Waals surface area contributed by atoms with Crippen molar-refractivity contribution in [3.63, 3.8) is 0 Å². The molecule has 0 radical (unpaired) electrons. The summed E-state index contributed by atoms with van der Waals surface area (Å²) in [5, 5.41) is 0. The van der Waals surface area contributed by atoms with Gasteiger partial charge in [0.15, 0.2) is 0 Å². The van der Waals surface area contributed by atoms with Crippen molar-refractivity contribution in [3.05, 3.63) is 12.2 Å². The molecule has 0 bridgehead atoms. The number of rotatable bonds is 1. The van der Waals surface area contributed by atoms with Crippen LogP contribution in [0.1, 0.15) is 72.6 Å². The highest BCUT2D eigenvalue weighted by molar-refractivity contribution is 5.16. The molecule has 0 aromatic rings. The van der Waals surface area contributed by atoms with Gasteiger partial charge in [-0.1, -0.05) is 26.0 Å². The zero-order valence-corrected chi connectivity index (χ0v) is 14.4. The molecule has 3 aliphatic carbocycles. The lowest BCUT2D eigenvalue weighted by Gasteiger charge is -2.55. The minimum atomic E-state index is 0.235. The molecule has 4 fully saturated rings. The quantitative estimate of drug-likeness (QED) is 0.468. The van der Waals surface area contributed by atoms with E-state index in [4.69, 9.17) is 4.74 Å². The maximum absolute atomic E-state index is 6.05. The zero-order valence-electron chi connectivity index (χ0n) is 14.4. The summed E-state index contributed by atoms with van der Waals surface area (Å²) in [5.74, 6) is 2.60. The smallest absolute Gasteiger partial charge is 0.0920 e. The van der Waals surface area contributed by atoms with Crippen molar-refractivity contribution in [2.45, 2.75) is 84.3 Å². The lowest BCUT2D eigenvalue weighted by atomic mass is 9.50. The first kappa shape index (κ1) is 14.3. The van der Waals surface area contributed by atoms with E-state index < -0.39 is 0 Å². The molecular weight excluding hydrogens is 256 g/mol. The Bertz CT molecular complexity index is 482. The van der Waals surface area contributed by atoms with Gasteiger partial charge in [-0.2, -0.15) is 0 Å². The van der Waals surface area contributed by atoms with Crippen LogP contribution in [0, 0.1) is 28.6 Å². The molecule has 0 N–H and O–H groups in total. The van der Waals surface area contributed by atoms with Gasteiger partial charge in [-0.25, -0.2) is 0 Å². The van der Waals surface area contributed by atoms with Crippen LogP contribution >= 0.6 is 0 Å². The number of epoxide rings is 1. The number of allylic oxidation sites excluding steroid dienone is 1. The lowest BCUT2D eigenvalue weighted by Crippen LogP contribution is -2.47. The Labute approximate surface area is 130 Å². The van der Waals surface area contributed by atoms with Gasteiger partial charge < -0.3 is 4.74 Å². The van der Waals surface area contributed by atoms with Gasteiger partial charge in [0.1, 0.15) is 0 Å². The van der Waals surface area contributed by atoms with Gasteiger partial charge in [0.05, 0.1) is 11.7 Å². The van der Waals surface area contributed by atoms with E-state index in [0.29, 0.717) is 16.9 Å². The van der Waals surface area contributed by atoms with Crippen LogP contribution in [0.15, 0.2) is 12.2 Å². The summed E-state index contributed by atoms with van der Waals surface area (Å²) in [4.78, 5) is 0. The molecule has 1 heterocycles. The highest BCUT2D eigenvalue weighted by atomic mass is 16.6. The van der Waals surface area contributed by atoms with Crippen LogP contribution in [0.2, 0.25) is 0 Å². The Morgan fingerprint density at radius 1 is 1.05 bits per heavy atom. The molecular formula is C20H32O. The number of hydrogen-bond donors (Lipinski definition) is 0. The molecule has 1 saturated heterocycles. The number of ether oxygens (including phenoxy) is 1. The van der Waals surface area contributed by atoms with Crippen LogP contribution < -0.4 is 0 Å². The summed E-state index contributed by atoms with van der Waals surface area (Å²) < 4.78 is 6.05. The first-order valence-electron chi connectivity index (χ1n) is 9.12. The summed E-state index contributed by atoms with van der Waals surface area (Å²) in [6.07, 6.45) is 10.2. The molecule has 1 unspecified atom stereocenters. The van der Waals surface area contributed by atoms with Crippen LogP contribution in [-0.2, 0) is 4.74 Å². The molecule has 1 aliphatic heterocycles. The van der Waals surface area contributed by atoms with Crippen LogP contribution in [0.5, 0.6) is 0 Å². The summed E-state index contributed by atoms with van der Waals surface area (Å²) in [5.41, 5.74) is 2.76. The topological polar surface area (TPSA) is 12.5 Å². The fraction of sp³-hybridized carbons (Fsp3) is 0.900. The number of fused-ring (bicyclic) bond motifs is 4. The number of hydrogen-bond acceptors (Lipinski definition) is 1. The van der Waals surface area contributed by atoms with Gasteiger partial charge in [-0.3, -0.25) is 0 Å². The third-order valence-electron chi connectivity index (χ3n) is 8.24. The minimum absolute atomic E-state index is 0.235. The average Bonchev–Trinajstić information content (AvgIpc) is 2.88. The van der Waals surface area contributed by atoms with Crippen LogP contribution in [-0.4, -0.2) is 11.7 Å². The van der Waals surface area contributed by atoms with Gasteiger partial charge in [0.25, 0.3) is 0 Å². The molecule has 0 aromatic carbocycles. The molecule has 4 rings (SSSR count). The van der Waals surface area contributed by atoms with E-state index in [9.17, 15) is 0 Å². The normalized spacial score (nSPS) is 58.7. The fourth-order valence-corrected chi connectivity index (χ4v) is 6.87. The molecule has 7 atom stereocenters. The lowest BCUT2D eigenvalue weighted by molar-refractivity contribution is -0.0604. The van der Waals surface area contributed by atoms with E-state index in [1.807, 2.05) is 0 Å². The first-order valence-corrected chi connectivity index (χ1v) is 9.12. The second-order valence-electron chi connectivity index (χ2n) is 9.51. The molecule has 0 amide bonds. The Balaban J connectivity index is 1.67. The second-order valence-corrected chi connectivity index (χ2v) is 9.51. The Hall–Kier alpha value is -0.300. The summed E-state index contributed by atoms with van der Waals surface area (Å²) in [7, 11) is 0. The molecule has 3 saturated carbocycles. The van der Waals surface area contributed by atoms with Crippen LogP contribution in [0.4, 0.5) is 0 Å². The summed E-state index contributed by atoms with van der Waals surface area (Å²) in [6.45, 7) is 14.1. The molecule has 118 valence electrons. The van der Waals surface area contributed by atoms with Crippen LogP contribution in [0.25, 0.3) is 0 Å². The van der Waals surface area contributed by atoms with E-state index in [0.717, 1.165) is 17.8 Å². The van der Waals surface area contributed by atoms with Gasteiger partial charge >= 0.3 is 0 Å². The van der Waals surface area contributed by atoms with E-state index in [1.165, 1.54) is 50.5 Å². The molecule has 0 spiro atoms. The summed E-state index contributed by atoms with van der Waals surface area (Å²) in [6, 6.07) is 0. The largest absolute Gasteiger partial charge is 0.366 e. The van der Waals surface area contributed by atoms with Crippen molar-refractivity contribution in [2.24, 2.45) is 28.6 Å². The van der Waals surface area contributed by atoms with Crippen molar-refractivity contribution in [3.8, 4) is 0 Å². The predicted molar refractivity (Wildman–Crippen MR) is 87.1 cm³/mol. The molecule has 1 heteroatoms. The van der Waals surface area contributed by atoms with Crippen molar-refractivity contribution in [1.29, 1.82) is 0 Å². The van der Waals surface area contributed by atoms with E-state index in [-0.39, 0.29) is 5.60 Å². The van der Waals surface area contributed by atoms with Gasteiger partial charge in [-0.15, -0.1) is 0 Å². The van der Waals surface area contributed by atoms with E-state index in [2.05, 4.69) is 34.3 Å². The van der Waals surface area contributed by atoms with E-state index in [1.54, 1.807) is 0 Å². The third-order valence-corrected chi connectivity index (χ3v) is 8.24. The molecule has 0 aromatic heterocycles. The van der Waals surface area contributed by atoms with Gasteiger partial charge in [0, 0.05) is 0 Å². The first-order chi connectivity index (χ1) is 9.79. The molecule has 21 heavy (non-hydrogen) atoms. The summed E-state index contributed by atoms with van der Waals surface area (Å²) >= 11 is 0. The Morgan fingerprint density at radius 3 is 2.52 bits per heavy atom. The highest BCUT2D eigenvalue weighted by Gasteiger charge is 2.64. The van der Waals surface area contributed by atoms with E-state index >= 15 is 0 Å². The third kappa shape index (κ3) is 1.85. The second kappa shape index (κ2) is 4.16. The Kier molecular flexibility index (Phi) is 2.83. The van der Waals surface area contributed by atoms with Crippen molar-refractivity contribution < 1.29 is 4.74 Å². The van der Waals surface area contributed by atoms with Gasteiger partial charge in [-0.05, 0) is 87.4 Å². The van der Waals surface area contributed by atoms with Crippen molar-refractivity contribution >= 4 is 0 Å². The highest BCUT2D eigenvalue weighted by Crippen LogP contribution is 2.68. The average molecular weight is 288 g/mol. The van der Waals surface area contributed by atoms with Crippen LogP contribution in [0.3, 0.4) is 0 Å². The SMILES string of the molecule is C=C(C)[C@@H]1CC[C@]2(C)[C@@H]1CC[C@]1(C)CC3O[C@]3(C)CC[C@H]12. The predicted octanol–water partition coefficient (Wildman–Crippen LogP) is 5.35. The maximum Gasteiger partial charge on any atom is 0.0920 e. The van der Waals surface area contributed by atoms with Crippen molar-refractivity contribution in [2.75, 3.05) is 0 Å². The monoisotopic (exact) mass is 288 g/mol. The Morgan fingerprint density at radius 2 is 1.81 bits per heavy atom. The molecule has 4 aliphatic rings. The molecule has 1 nitrogen and oxygen atoms in total. The zero-order chi connectivity index (χ0) is 15.0. The van der Waals surface area contributed by atoms with Gasteiger partial charge in [0.2, 0.25) is 0 Å². The maximum atomic E-state index is 6.05. The van der Waals surface area contributed by atoms with Crippen molar-refractivity contribution in [1.82, 2.24) is 0 Å². The fourth-order valence-electron chi connectivity index (χ4n) is 6.87.